The van der Waals surface area contributed by atoms with Crippen LogP contribution in [0.5, 0.6) is 0 Å². The van der Waals surface area contributed by atoms with Crippen LogP contribution in [0.25, 0.3) is 11.1 Å². The lowest BCUT2D eigenvalue weighted by Crippen LogP contribution is -2.34. The number of pyridine rings is 1. The van der Waals surface area contributed by atoms with E-state index in [-0.39, 0.29) is 0 Å². The lowest BCUT2D eigenvalue weighted by atomic mass is 9.87. The zero-order chi connectivity index (χ0) is 26.7. The molecule has 4 rings (SSSR count). The van der Waals surface area contributed by atoms with Gasteiger partial charge in [0.2, 0.25) is 0 Å². The molecule has 37 heavy (non-hydrogen) atoms. The van der Waals surface area contributed by atoms with Gasteiger partial charge in [-0.05, 0) is 88.4 Å². The number of carboxylic acid groups (broad SMARTS) is 1. The molecule has 6 heteroatoms. The van der Waals surface area contributed by atoms with Crippen LogP contribution >= 0.6 is 11.6 Å². The highest BCUT2D eigenvalue weighted by Gasteiger charge is 2.34. The van der Waals surface area contributed by atoms with E-state index in [0.717, 1.165) is 77.6 Å². The molecule has 5 nitrogen and oxygen atoms in total. The molecular weight excluding hydrogens is 484 g/mol. The number of hydrogen-bond acceptors (Lipinski definition) is 4. The molecule has 1 N–H and O–H groups in total. The fourth-order valence-electron chi connectivity index (χ4n) is 5.07. The van der Waals surface area contributed by atoms with Crippen molar-refractivity contribution in [2.45, 2.75) is 72.1 Å². The predicted octanol–water partition coefficient (Wildman–Crippen LogP) is 6.95. The van der Waals surface area contributed by atoms with E-state index in [1.165, 1.54) is 5.56 Å². The number of nitrogens with zero attached hydrogens (tertiary/aromatic N) is 2. The number of carbonyl (C=O) groups is 1. The molecule has 3 aromatic rings. The van der Waals surface area contributed by atoms with Crippen LogP contribution in [0.2, 0.25) is 5.02 Å². The smallest absolute Gasteiger partial charge is 0.337 e. The van der Waals surface area contributed by atoms with Crippen LogP contribution in [-0.4, -0.2) is 39.7 Å². The number of aromatic nitrogens is 1. The Morgan fingerprint density at radius 3 is 2.41 bits per heavy atom. The molecule has 1 unspecified atom stereocenters. The number of aliphatic carboxylic acids is 1. The summed E-state index contributed by atoms with van der Waals surface area (Å²) in [5, 5.41) is 11.0. The average molecular weight is 521 g/mol. The molecule has 0 bridgehead atoms. The zero-order valence-corrected chi connectivity index (χ0v) is 23.2. The maximum Gasteiger partial charge on any atom is 0.337 e. The van der Waals surface area contributed by atoms with E-state index in [4.69, 9.17) is 21.3 Å². The summed E-state index contributed by atoms with van der Waals surface area (Å²) >= 11 is 6.03. The van der Waals surface area contributed by atoms with Crippen LogP contribution in [0.4, 0.5) is 0 Å². The van der Waals surface area contributed by atoms with Gasteiger partial charge in [-0.1, -0.05) is 53.6 Å². The molecule has 0 fully saturated rings. The van der Waals surface area contributed by atoms with E-state index < -0.39 is 17.7 Å². The topological polar surface area (TPSA) is 62.7 Å². The quantitative estimate of drug-likeness (QED) is 0.348. The highest BCUT2D eigenvalue weighted by atomic mass is 35.5. The molecule has 1 aromatic heterocycles. The van der Waals surface area contributed by atoms with Crippen molar-refractivity contribution in [2.24, 2.45) is 0 Å². The molecular formula is C31H37ClN2O3. The Kier molecular flexibility index (Phi) is 8.37. The van der Waals surface area contributed by atoms with Crippen LogP contribution < -0.4 is 0 Å². The third kappa shape index (κ3) is 6.78. The molecule has 1 atom stereocenters. The Labute approximate surface area is 225 Å². The maximum absolute atomic E-state index is 12.5. The summed E-state index contributed by atoms with van der Waals surface area (Å²) in [6, 6.07) is 16.4. The van der Waals surface area contributed by atoms with Crippen molar-refractivity contribution in [3.63, 3.8) is 0 Å². The number of aryl methyl sites for hydroxylation is 3. The molecule has 2 aromatic carbocycles. The molecule has 1 aliphatic heterocycles. The number of carboxylic acids is 1. The van der Waals surface area contributed by atoms with Gasteiger partial charge >= 0.3 is 5.97 Å². The minimum atomic E-state index is -1.10. The van der Waals surface area contributed by atoms with Gasteiger partial charge in [-0.3, -0.25) is 9.88 Å². The molecule has 0 spiro atoms. The first-order valence-corrected chi connectivity index (χ1v) is 13.4. The highest BCUT2D eigenvalue weighted by molar-refractivity contribution is 6.30. The molecule has 0 amide bonds. The predicted molar refractivity (Wildman–Crippen MR) is 149 cm³/mol. The number of benzene rings is 2. The summed E-state index contributed by atoms with van der Waals surface area (Å²) in [5.41, 5.74) is 7.35. The lowest BCUT2D eigenvalue weighted by molar-refractivity contribution is -0.160. The van der Waals surface area contributed by atoms with E-state index in [2.05, 4.69) is 48.2 Å². The van der Waals surface area contributed by atoms with Gasteiger partial charge in [0.05, 0.1) is 5.60 Å². The van der Waals surface area contributed by atoms with Crippen molar-refractivity contribution in [1.82, 2.24) is 9.88 Å². The Bertz CT molecular complexity index is 1250. The molecule has 0 radical (unpaired) electrons. The monoisotopic (exact) mass is 520 g/mol. The summed E-state index contributed by atoms with van der Waals surface area (Å²) in [7, 11) is 0. The Hall–Kier alpha value is -2.73. The minimum Gasteiger partial charge on any atom is -0.479 e. The second-order valence-corrected chi connectivity index (χ2v) is 11.4. The van der Waals surface area contributed by atoms with Crippen molar-refractivity contribution in [3.05, 3.63) is 87.2 Å². The van der Waals surface area contributed by atoms with Crippen molar-refractivity contribution >= 4 is 17.6 Å². The van der Waals surface area contributed by atoms with Gasteiger partial charge in [0.1, 0.15) is 0 Å². The third-order valence-corrected chi connectivity index (χ3v) is 7.06. The summed E-state index contributed by atoms with van der Waals surface area (Å²) in [6.07, 6.45) is 1.76. The molecule has 2 heterocycles. The average Bonchev–Trinajstić information content (AvgIpc) is 2.83. The van der Waals surface area contributed by atoms with Gasteiger partial charge < -0.3 is 9.84 Å². The van der Waals surface area contributed by atoms with Crippen molar-refractivity contribution in [3.8, 4) is 11.1 Å². The van der Waals surface area contributed by atoms with Crippen LogP contribution in [-0.2, 0) is 28.9 Å². The Balaban J connectivity index is 1.70. The van der Waals surface area contributed by atoms with Gasteiger partial charge in [-0.15, -0.1) is 0 Å². The van der Waals surface area contributed by atoms with E-state index in [0.29, 0.717) is 5.56 Å². The second-order valence-electron chi connectivity index (χ2n) is 11.0. The van der Waals surface area contributed by atoms with Gasteiger partial charge in [0.15, 0.2) is 6.10 Å². The number of halogens is 1. The molecule has 1 aliphatic rings. The van der Waals surface area contributed by atoms with Crippen LogP contribution in [0.1, 0.15) is 66.9 Å². The number of fused-ring (bicyclic) bond motifs is 1. The first kappa shape index (κ1) is 27.3. The van der Waals surface area contributed by atoms with Gasteiger partial charge in [0, 0.05) is 41.5 Å². The minimum absolute atomic E-state index is 0.621. The molecule has 196 valence electrons. The van der Waals surface area contributed by atoms with Gasteiger partial charge in [0.25, 0.3) is 0 Å². The Morgan fingerprint density at radius 1 is 1.11 bits per heavy atom. The van der Waals surface area contributed by atoms with Crippen molar-refractivity contribution < 1.29 is 14.6 Å². The van der Waals surface area contributed by atoms with E-state index in [1.807, 2.05) is 39.8 Å². The first-order chi connectivity index (χ1) is 17.5. The van der Waals surface area contributed by atoms with E-state index in [9.17, 15) is 9.90 Å². The first-order valence-electron chi connectivity index (χ1n) is 13.0. The van der Waals surface area contributed by atoms with E-state index >= 15 is 0 Å². The SMILES string of the molecule is Cc1ccc(-c2c3c(nc(C)c2C(OC(C)(C)C)C(=O)O)CCN(CCCc2ccc(Cl)cc2)C3)cc1. The van der Waals surface area contributed by atoms with Crippen LogP contribution in [0.15, 0.2) is 48.5 Å². The number of ether oxygens (including phenoxy) is 1. The molecule has 0 aliphatic carbocycles. The van der Waals surface area contributed by atoms with Crippen LogP contribution in [0.3, 0.4) is 0 Å². The van der Waals surface area contributed by atoms with Gasteiger partial charge in [-0.2, -0.15) is 0 Å². The van der Waals surface area contributed by atoms with Crippen molar-refractivity contribution in [1.29, 1.82) is 0 Å². The third-order valence-electron chi connectivity index (χ3n) is 6.81. The normalized spacial score (nSPS) is 14.9. The number of hydrogen-bond donors (Lipinski definition) is 1. The summed E-state index contributed by atoms with van der Waals surface area (Å²) in [4.78, 5) is 19.9. The molecule has 0 saturated heterocycles. The molecule has 0 saturated carbocycles. The standard InChI is InChI=1S/C31H37ClN2O3/c1-20-8-12-23(13-9-20)28-25-19-34(17-6-7-22-10-14-24(32)15-11-22)18-16-26(25)33-21(2)27(28)29(30(35)36)37-31(3,4)5/h8-15,29H,6-7,16-19H2,1-5H3,(H,35,36). The summed E-state index contributed by atoms with van der Waals surface area (Å²) < 4.78 is 6.13. The lowest BCUT2D eigenvalue weighted by Gasteiger charge is -2.33. The van der Waals surface area contributed by atoms with Crippen LogP contribution in [0, 0.1) is 13.8 Å². The fraction of sp³-hybridized carbons (Fsp3) is 0.419. The van der Waals surface area contributed by atoms with Crippen molar-refractivity contribution in [2.75, 3.05) is 13.1 Å². The highest BCUT2D eigenvalue weighted by Crippen LogP contribution is 2.40. The zero-order valence-electron chi connectivity index (χ0n) is 22.5. The largest absolute Gasteiger partial charge is 0.479 e. The maximum atomic E-state index is 12.5. The number of rotatable bonds is 8. The summed E-state index contributed by atoms with van der Waals surface area (Å²) in [5.74, 6) is -0.997. The fourth-order valence-corrected chi connectivity index (χ4v) is 5.19. The van der Waals surface area contributed by atoms with Gasteiger partial charge in [-0.25, -0.2) is 4.79 Å². The van der Waals surface area contributed by atoms with E-state index in [1.54, 1.807) is 0 Å². The summed E-state index contributed by atoms with van der Waals surface area (Å²) in [6.45, 7) is 12.3. The Morgan fingerprint density at radius 2 is 1.78 bits per heavy atom. The second kappa shape index (κ2) is 11.3.